The molecular weight excluding hydrogens is 698 g/mol. The lowest BCUT2D eigenvalue weighted by Gasteiger charge is -2.32. The van der Waals surface area contributed by atoms with Gasteiger partial charge in [-0.15, -0.1) is 5.06 Å². The Kier molecular flexibility index (Phi) is 10.4. The quantitative estimate of drug-likeness (QED) is 0.157. The van der Waals surface area contributed by atoms with Gasteiger partial charge in [0.05, 0.1) is 29.0 Å². The minimum absolute atomic E-state index is 0.0119. The number of pyridine rings is 1. The second-order valence-electron chi connectivity index (χ2n) is 11.9. The summed E-state index contributed by atoms with van der Waals surface area (Å²) in [5.74, 6) is -3.80. The zero-order valence-corrected chi connectivity index (χ0v) is 28.3. The number of fused-ring (bicyclic) bond motifs is 1. The lowest BCUT2D eigenvalue weighted by Crippen LogP contribution is -2.39. The molecule has 0 aliphatic carbocycles. The molecule has 5 rings (SSSR count). The van der Waals surface area contributed by atoms with E-state index in [0.717, 1.165) is 25.3 Å². The van der Waals surface area contributed by atoms with Gasteiger partial charge in [0.2, 0.25) is 5.91 Å². The van der Waals surface area contributed by atoms with E-state index in [1.807, 2.05) is 0 Å². The van der Waals surface area contributed by atoms with Crippen LogP contribution in [0.25, 0.3) is 10.8 Å². The SMILES string of the molecule is COC(=O)N(OC(=O)C(F)(F)F)c1ccc(S(=O)(=O)C(C)C)c([C@H]2CCCN2C(=O)[C@H](Nc2ccc3c(N)nccc3c2)c2ccccc2F)c1. The van der Waals surface area contributed by atoms with E-state index in [9.17, 15) is 36.0 Å². The standard InChI is InChI=1S/C34H33F4N5O7S/c1-19(2)51(47,48)28-13-11-22(43(33(46)49-3)50-32(45)34(36,37)38)18-25(28)27-9-6-16-42(27)31(44)29(24-7-4-5-8-26(24)35)41-21-10-12-23-20(17-21)14-15-40-30(23)39/h4-5,7-8,10-15,17-19,27,29,41H,6,9,16H2,1-3H3,(H2,39,40)/t27-,29-/m1/s1. The molecule has 3 N–H and O–H groups in total. The average molecular weight is 732 g/mol. The molecular formula is C34H33F4N5O7S. The van der Waals surface area contributed by atoms with E-state index in [4.69, 9.17) is 5.73 Å². The topological polar surface area (TPSA) is 161 Å². The van der Waals surface area contributed by atoms with Gasteiger partial charge in [0.1, 0.15) is 17.7 Å². The molecule has 1 aliphatic heterocycles. The molecule has 270 valence electrons. The lowest BCUT2D eigenvalue weighted by molar-refractivity contribution is -0.200. The number of methoxy groups -OCH3 is 1. The molecule has 1 aromatic heterocycles. The van der Waals surface area contributed by atoms with Crippen LogP contribution in [0.2, 0.25) is 0 Å². The maximum atomic E-state index is 15.4. The minimum Gasteiger partial charge on any atom is -0.450 e. The Morgan fingerprint density at radius 2 is 1.78 bits per heavy atom. The van der Waals surface area contributed by atoms with E-state index < -0.39 is 62.8 Å². The third-order valence-electron chi connectivity index (χ3n) is 8.37. The number of nitrogens with two attached hydrogens (primary N) is 1. The third-order valence-corrected chi connectivity index (χ3v) is 10.6. The van der Waals surface area contributed by atoms with Gasteiger partial charge < -0.3 is 25.5 Å². The van der Waals surface area contributed by atoms with Crippen LogP contribution in [0.15, 0.2) is 77.8 Å². The zero-order valence-electron chi connectivity index (χ0n) is 27.5. The molecule has 3 aromatic carbocycles. The van der Waals surface area contributed by atoms with Crippen molar-refractivity contribution >= 4 is 55.8 Å². The fraction of sp³-hybridized carbons (Fsp3) is 0.294. The molecule has 0 saturated carbocycles. The second-order valence-corrected chi connectivity index (χ2v) is 14.4. The minimum atomic E-state index is -5.49. The number of nitrogen functional groups attached to an aromatic ring is 1. The number of alkyl halides is 3. The summed E-state index contributed by atoms with van der Waals surface area (Å²) in [5, 5.41) is 3.41. The van der Waals surface area contributed by atoms with Crippen molar-refractivity contribution in [3.8, 4) is 0 Å². The maximum Gasteiger partial charge on any atom is 0.493 e. The van der Waals surface area contributed by atoms with Gasteiger partial charge in [-0.05, 0) is 86.2 Å². The number of carbonyl (C=O) groups is 3. The normalized spacial score (nSPS) is 15.5. The highest BCUT2D eigenvalue weighted by Gasteiger charge is 2.45. The van der Waals surface area contributed by atoms with Crippen molar-refractivity contribution in [1.82, 2.24) is 9.88 Å². The maximum absolute atomic E-state index is 15.4. The van der Waals surface area contributed by atoms with E-state index in [2.05, 4.69) is 19.9 Å². The third kappa shape index (κ3) is 7.52. The Hall–Kier alpha value is -5.45. The number of sulfone groups is 1. The van der Waals surface area contributed by atoms with Crippen molar-refractivity contribution in [3.05, 3.63) is 89.9 Å². The molecule has 17 heteroatoms. The molecule has 0 radical (unpaired) electrons. The fourth-order valence-corrected chi connectivity index (χ4v) is 7.10. The van der Waals surface area contributed by atoms with Gasteiger partial charge in [0.25, 0.3) is 0 Å². The second kappa shape index (κ2) is 14.4. The van der Waals surface area contributed by atoms with Crippen molar-refractivity contribution in [1.29, 1.82) is 0 Å². The molecule has 2 atom stereocenters. The number of amides is 2. The summed E-state index contributed by atoms with van der Waals surface area (Å²) in [7, 11) is -3.27. The zero-order chi connectivity index (χ0) is 37.2. The van der Waals surface area contributed by atoms with Crippen LogP contribution in [0.1, 0.15) is 49.9 Å². The molecule has 1 saturated heterocycles. The van der Waals surface area contributed by atoms with E-state index >= 15 is 4.39 Å². The highest BCUT2D eigenvalue weighted by molar-refractivity contribution is 7.92. The van der Waals surface area contributed by atoms with Crippen LogP contribution < -0.4 is 16.1 Å². The number of likely N-dealkylation sites (tertiary alicyclic amines) is 1. The first-order chi connectivity index (χ1) is 24.0. The summed E-state index contributed by atoms with van der Waals surface area (Å²) >= 11 is 0. The molecule has 4 aromatic rings. The number of hydrogen-bond donors (Lipinski definition) is 2. The van der Waals surface area contributed by atoms with Crippen molar-refractivity contribution in [2.75, 3.05) is 29.8 Å². The van der Waals surface area contributed by atoms with Crippen LogP contribution in [0.3, 0.4) is 0 Å². The van der Waals surface area contributed by atoms with Crippen LogP contribution in [-0.4, -0.2) is 61.4 Å². The Labute approximate surface area is 290 Å². The fourth-order valence-electron chi connectivity index (χ4n) is 5.81. The molecule has 1 fully saturated rings. The van der Waals surface area contributed by atoms with Crippen LogP contribution in [0, 0.1) is 5.82 Å². The molecule has 0 spiro atoms. The number of benzene rings is 3. The van der Waals surface area contributed by atoms with Gasteiger partial charge in [0.15, 0.2) is 9.84 Å². The monoisotopic (exact) mass is 731 g/mol. The summed E-state index contributed by atoms with van der Waals surface area (Å²) in [5.41, 5.74) is 5.86. The average Bonchev–Trinajstić information content (AvgIpc) is 3.58. The highest BCUT2D eigenvalue weighted by Crippen LogP contribution is 2.41. The molecule has 2 amide bonds. The molecule has 0 unspecified atom stereocenters. The largest absolute Gasteiger partial charge is 0.493 e. The van der Waals surface area contributed by atoms with Crippen molar-refractivity contribution < 1.29 is 49.9 Å². The number of aromatic nitrogens is 1. The summed E-state index contributed by atoms with van der Waals surface area (Å²) in [4.78, 5) is 48.3. The number of hydroxylamine groups is 1. The number of anilines is 3. The predicted octanol–water partition coefficient (Wildman–Crippen LogP) is 6.25. The van der Waals surface area contributed by atoms with E-state index in [1.54, 1.807) is 30.3 Å². The number of ether oxygens (including phenoxy) is 1. The number of hydrogen-bond acceptors (Lipinski definition) is 10. The number of carbonyl (C=O) groups excluding carboxylic acids is 3. The van der Waals surface area contributed by atoms with Crippen LogP contribution in [0.4, 0.5) is 39.5 Å². The lowest BCUT2D eigenvalue weighted by atomic mass is 10.0. The van der Waals surface area contributed by atoms with Crippen molar-refractivity contribution in [2.45, 2.75) is 55.1 Å². The molecule has 2 heterocycles. The molecule has 0 bridgehead atoms. The van der Waals surface area contributed by atoms with Crippen molar-refractivity contribution in [3.63, 3.8) is 0 Å². The summed E-state index contributed by atoms with van der Waals surface area (Å²) in [6, 6.07) is 13.1. The first-order valence-corrected chi connectivity index (χ1v) is 17.1. The van der Waals surface area contributed by atoms with Gasteiger partial charge in [0, 0.05) is 29.4 Å². The van der Waals surface area contributed by atoms with E-state index in [-0.39, 0.29) is 39.9 Å². The first kappa shape index (κ1) is 36.8. The van der Waals surface area contributed by atoms with Gasteiger partial charge in [-0.1, -0.05) is 18.2 Å². The van der Waals surface area contributed by atoms with Gasteiger partial charge in [-0.2, -0.15) is 13.2 Å². The number of rotatable bonds is 8. The molecule has 1 aliphatic rings. The Balaban J connectivity index is 1.61. The number of nitrogens with zero attached hydrogens (tertiary/aromatic N) is 3. The van der Waals surface area contributed by atoms with Gasteiger partial charge in [-0.25, -0.2) is 27.4 Å². The summed E-state index contributed by atoms with van der Waals surface area (Å²) < 4.78 is 86.6. The van der Waals surface area contributed by atoms with Crippen LogP contribution in [0.5, 0.6) is 0 Å². The summed E-state index contributed by atoms with van der Waals surface area (Å²) in [6.45, 7) is 2.93. The Bertz CT molecular complexity index is 2100. The Morgan fingerprint density at radius 3 is 2.45 bits per heavy atom. The number of nitrogens with one attached hydrogen (secondary N) is 1. The molecule has 51 heavy (non-hydrogen) atoms. The first-order valence-electron chi connectivity index (χ1n) is 15.5. The van der Waals surface area contributed by atoms with Crippen LogP contribution >= 0.6 is 0 Å². The highest BCUT2D eigenvalue weighted by atomic mass is 32.2. The number of halogens is 4. The predicted molar refractivity (Wildman–Crippen MR) is 178 cm³/mol. The smallest absolute Gasteiger partial charge is 0.450 e. The van der Waals surface area contributed by atoms with Gasteiger partial charge in [-0.3, -0.25) is 4.79 Å². The van der Waals surface area contributed by atoms with E-state index in [0.29, 0.717) is 22.9 Å². The summed E-state index contributed by atoms with van der Waals surface area (Å²) in [6.07, 6.45) is -4.96. The van der Waals surface area contributed by atoms with Crippen molar-refractivity contribution in [2.24, 2.45) is 0 Å². The van der Waals surface area contributed by atoms with Gasteiger partial charge >= 0.3 is 18.2 Å². The van der Waals surface area contributed by atoms with Crippen LogP contribution in [-0.2, 0) is 29.0 Å². The van der Waals surface area contributed by atoms with E-state index in [1.165, 1.54) is 43.1 Å². The molecule has 12 nitrogen and oxygen atoms in total. The Morgan fingerprint density at radius 1 is 1.06 bits per heavy atom.